The Morgan fingerprint density at radius 2 is 2.23 bits per heavy atom. The summed E-state index contributed by atoms with van der Waals surface area (Å²) in [5.41, 5.74) is 1.73. The molecular formula is C9H9NO3. The highest BCUT2D eigenvalue weighted by atomic mass is 16.6. The third-order valence-corrected chi connectivity index (χ3v) is 1.60. The molecule has 68 valence electrons. The standard InChI is InChI=1S/C9H9NO3/c1-6-3-8(7(2)10-4-6)9(12)13-5-11/h3-5H,1-2H3. The fourth-order valence-electron chi connectivity index (χ4n) is 0.951. The van der Waals surface area contributed by atoms with Gasteiger partial charge in [-0.25, -0.2) is 4.79 Å². The summed E-state index contributed by atoms with van der Waals surface area (Å²) in [6, 6.07) is 1.63. The second kappa shape index (κ2) is 3.80. The van der Waals surface area contributed by atoms with Crippen molar-refractivity contribution in [1.29, 1.82) is 0 Å². The first kappa shape index (κ1) is 9.38. The van der Waals surface area contributed by atoms with Crippen LogP contribution in [-0.2, 0) is 9.53 Å². The molecule has 4 heteroatoms. The minimum absolute atomic E-state index is 0.115. The van der Waals surface area contributed by atoms with Gasteiger partial charge in [-0.3, -0.25) is 9.78 Å². The molecule has 0 N–H and O–H groups in total. The third kappa shape index (κ3) is 2.11. The molecule has 1 heterocycles. The van der Waals surface area contributed by atoms with Crippen LogP contribution in [0.4, 0.5) is 0 Å². The van der Waals surface area contributed by atoms with Crippen LogP contribution in [0.25, 0.3) is 0 Å². The number of ether oxygens (including phenoxy) is 1. The number of esters is 1. The summed E-state index contributed by atoms with van der Waals surface area (Å²) in [6.07, 6.45) is 1.65. The smallest absolute Gasteiger partial charge is 0.347 e. The Bertz CT molecular complexity index is 347. The number of carbonyl (C=O) groups excluding carboxylic acids is 2. The third-order valence-electron chi connectivity index (χ3n) is 1.60. The number of hydrogen-bond donors (Lipinski definition) is 0. The van der Waals surface area contributed by atoms with Crippen LogP contribution in [0.15, 0.2) is 12.3 Å². The molecule has 0 bridgehead atoms. The topological polar surface area (TPSA) is 56.3 Å². The largest absolute Gasteiger partial charge is 0.392 e. The fourth-order valence-corrected chi connectivity index (χ4v) is 0.951. The van der Waals surface area contributed by atoms with Crippen molar-refractivity contribution in [1.82, 2.24) is 4.98 Å². The molecular weight excluding hydrogens is 170 g/mol. The zero-order chi connectivity index (χ0) is 9.84. The highest BCUT2D eigenvalue weighted by molar-refractivity contribution is 5.94. The summed E-state index contributed by atoms with van der Waals surface area (Å²) < 4.78 is 4.20. The van der Waals surface area contributed by atoms with E-state index in [9.17, 15) is 9.59 Å². The van der Waals surface area contributed by atoms with Crippen LogP contribution >= 0.6 is 0 Å². The van der Waals surface area contributed by atoms with E-state index in [1.54, 1.807) is 19.2 Å². The van der Waals surface area contributed by atoms with Gasteiger partial charge in [0.25, 0.3) is 0 Å². The van der Waals surface area contributed by atoms with E-state index in [2.05, 4.69) is 9.72 Å². The molecule has 4 nitrogen and oxygen atoms in total. The van der Waals surface area contributed by atoms with Crippen LogP contribution in [0.5, 0.6) is 0 Å². The average molecular weight is 179 g/mol. The van der Waals surface area contributed by atoms with Crippen molar-refractivity contribution < 1.29 is 14.3 Å². The van der Waals surface area contributed by atoms with Gasteiger partial charge in [0.1, 0.15) is 0 Å². The van der Waals surface area contributed by atoms with Crippen LogP contribution in [-0.4, -0.2) is 17.4 Å². The van der Waals surface area contributed by atoms with Crippen LogP contribution in [0.2, 0.25) is 0 Å². The zero-order valence-electron chi connectivity index (χ0n) is 7.40. The molecule has 0 saturated carbocycles. The van der Waals surface area contributed by atoms with Crippen LogP contribution in [0, 0.1) is 13.8 Å². The zero-order valence-corrected chi connectivity index (χ0v) is 7.40. The molecule has 0 aromatic carbocycles. The Morgan fingerprint density at radius 3 is 2.85 bits per heavy atom. The fraction of sp³-hybridized carbons (Fsp3) is 0.222. The number of aryl methyl sites for hydroxylation is 2. The maximum absolute atomic E-state index is 11.1. The van der Waals surface area contributed by atoms with Gasteiger partial charge in [-0.1, -0.05) is 0 Å². The molecule has 0 amide bonds. The lowest BCUT2D eigenvalue weighted by molar-refractivity contribution is -0.123. The van der Waals surface area contributed by atoms with Gasteiger partial charge >= 0.3 is 12.4 Å². The van der Waals surface area contributed by atoms with E-state index >= 15 is 0 Å². The van der Waals surface area contributed by atoms with Gasteiger partial charge in [0, 0.05) is 6.20 Å². The number of hydrogen-bond acceptors (Lipinski definition) is 4. The normalized spacial score (nSPS) is 9.38. The van der Waals surface area contributed by atoms with Gasteiger partial charge in [-0.05, 0) is 25.5 Å². The first-order chi connectivity index (χ1) is 6.15. The van der Waals surface area contributed by atoms with Crippen molar-refractivity contribution in [2.45, 2.75) is 13.8 Å². The van der Waals surface area contributed by atoms with Crippen LogP contribution < -0.4 is 0 Å². The molecule has 0 fully saturated rings. The van der Waals surface area contributed by atoms with Gasteiger partial charge in [0.05, 0.1) is 11.3 Å². The van der Waals surface area contributed by atoms with Gasteiger partial charge in [-0.15, -0.1) is 0 Å². The molecule has 0 spiro atoms. The summed E-state index contributed by atoms with van der Waals surface area (Å²) in [5, 5.41) is 0. The maximum Gasteiger partial charge on any atom is 0.347 e. The molecule has 0 atom stereocenters. The van der Waals surface area contributed by atoms with Gasteiger partial charge < -0.3 is 4.74 Å². The Balaban J connectivity index is 3.05. The summed E-state index contributed by atoms with van der Waals surface area (Å²) in [5.74, 6) is -0.663. The average Bonchev–Trinajstić information content (AvgIpc) is 2.09. The Hall–Kier alpha value is -1.71. The van der Waals surface area contributed by atoms with Crippen molar-refractivity contribution in [3.05, 3.63) is 29.1 Å². The monoisotopic (exact) mass is 179 g/mol. The Labute approximate surface area is 75.5 Å². The SMILES string of the molecule is Cc1cnc(C)c(C(=O)OC=O)c1. The Morgan fingerprint density at radius 1 is 1.54 bits per heavy atom. The molecule has 0 aliphatic carbocycles. The van der Waals surface area contributed by atoms with Crippen molar-refractivity contribution >= 4 is 12.4 Å². The van der Waals surface area contributed by atoms with Gasteiger partial charge in [0.2, 0.25) is 0 Å². The molecule has 0 radical (unpaired) electrons. The quantitative estimate of drug-likeness (QED) is 0.386. The first-order valence-electron chi connectivity index (χ1n) is 3.73. The number of pyridine rings is 1. The van der Waals surface area contributed by atoms with Gasteiger partial charge in [-0.2, -0.15) is 0 Å². The van der Waals surface area contributed by atoms with Crippen LogP contribution in [0.3, 0.4) is 0 Å². The first-order valence-corrected chi connectivity index (χ1v) is 3.73. The maximum atomic E-state index is 11.1. The van der Waals surface area contributed by atoms with Gasteiger partial charge in [0.15, 0.2) is 0 Å². The molecule has 0 unspecified atom stereocenters. The van der Waals surface area contributed by atoms with Crippen molar-refractivity contribution in [3.63, 3.8) is 0 Å². The van der Waals surface area contributed by atoms with E-state index in [-0.39, 0.29) is 6.47 Å². The van der Waals surface area contributed by atoms with E-state index in [1.165, 1.54) is 0 Å². The van der Waals surface area contributed by atoms with Crippen molar-refractivity contribution in [3.8, 4) is 0 Å². The number of aromatic nitrogens is 1. The van der Waals surface area contributed by atoms with Crippen LogP contribution in [0.1, 0.15) is 21.6 Å². The second-order valence-corrected chi connectivity index (χ2v) is 2.65. The van der Waals surface area contributed by atoms with Crippen molar-refractivity contribution in [2.24, 2.45) is 0 Å². The minimum atomic E-state index is -0.663. The second-order valence-electron chi connectivity index (χ2n) is 2.65. The summed E-state index contributed by atoms with van der Waals surface area (Å²) >= 11 is 0. The van der Waals surface area contributed by atoms with E-state index in [0.717, 1.165) is 5.56 Å². The molecule has 0 saturated heterocycles. The van der Waals surface area contributed by atoms with E-state index in [4.69, 9.17) is 0 Å². The summed E-state index contributed by atoms with van der Waals surface area (Å²) in [7, 11) is 0. The highest BCUT2D eigenvalue weighted by Gasteiger charge is 2.10. The molecule has 13 heavy (non-hydrogen) atoms. The lowest BCUT2D eigenvalue weighted by Gasteiger charge is -2.01. The van der Waals surface area contributed by atoms with E-state index in [1.807, 2.05) is 6.92 Å². The molecule has 1 aromatic rings. The number of nitrogens with zero attached hydrogens (tertiary/aromatic N) is 1. The summed E-state index contributed by atoms with van der Waals surface area (Å²) in [4.78, 5) is 25.0. The predicted molar refractivity (Wildman–Crippen MR) is 45.2 cm³/mol. The van der Waals surface area contributed by atoms with E-state index < -0.39 is 5.97 Å². The van der Waals surface area contributed by atoms with E-state index in [0.29, 0.717) is 11.3 Å². The van der Waals surface area contributed by atoms with Crippen molar-refractivity contribution in [2.75, 3.05) is 0 Å². The molecule has 0 aliphatic rings. The molecule has 1 aromatic heterocycles. The predicted octanol–water partition coefficient (Wildman–Crippen LogP) is 1.01. The Kier molecular flexibility index (Phi) is 2.74. The highest BCUT2D eigenvalue weighted by Crippen LogP contribution is 2.08. The minimum Gasteiger partial charge on any atom is -0.392 e. The molecule has 1 rings (SSSR count). The summed E-state index contributed by atoms with van der Waals surface area (Å²) in [6.45, 7) is 3.61. The lowest BCUT2D eigenvalue weighted by Crippen LogP contribution is -2.07. The lowest BCUT2D eigenvalue weighted by atomic mass is 10.1. The number of carbonyl (C=O) groups is 2. The molecule has 0 aliphatic heterocycles. The number of rotatable bonds is 2.